The average molecular weight is 403 g/mol. The number of aliphatic hydroxyl groups is 2. The number of ether oxygens (including phenoxy) is 2. The summed E-state index contributed by atoms with van der Waals surface area (Å²) in [6.45, 7) is 4.03. The third-order valence-corrected chi connectivity index (χ3v) is 5.31. The quantitative estimate of drug-likeness (QED) is 0.194. The smallest absolute Gasteiger partial charge is 0.0773 e. The maximum absolute atomic E-state index is 9.86. The Kier molecular flexibility index (Phi) is 24.7. The van der Waals surface area contributed by atoms with Gasteiger partial charge in [0, 0.05) is 0 Å². The van der Waals surface area contributed by atoms with Crippen LogP contribution in [0.1, 0.15) is 116 Å². The van der Waals surface area contributed by atoms with E-state index in [1.807, 2.05) is 0 Å². The summed E-state index contributed by atoms with van der Waals surface area (Å²) in [5.41, 5.74) is 0. The van der Waals surface area contributed by atoms with Crippen LogP contribution in [0.4, 0.5) is 0 Å². The molecule has 0 aliphatic heterocycles. The first-order chi connectivity index (χ1) is 13.8. The van der Waals surface area contributed by atoms with Gasteiger partial charge >= 0.3 is 0 Å². The highest BCUT2D eigenvalue weighted by molar-refractivity contribution is 4.55. The van der Waals surface area contributed by atoms with Crippen molar-refractivity contribution in [3.05, 3.63) is 0 Å². The number of rotatable bonds is 24. The SMILES string of the molecule is CCCCCCCCCCCCCCCCCCC(O)COCCOCCO. The maximum Gasteiger partial charge on any atom is 0.0773 e. The van der Waals surface area contributed by atoms with Crippen molar-refractivity contribution in [2.45, 2.75) is 122 Å². The molecule has 0 aliphatic rings. The second kappa shape index (κ2) is 24.9. The van der Waals surface area contributed by atoms with Crippen LogP contribution in [0.25, 0.3) is 0 Å². The molecule has 4 nitrogen and oxygen atoms in total. The lowest BCUT2D eigenvalue weighted by atomic mass is 10.0. The van der Waals surface area contributed by atoms with Crippen LogP contribution in [0, 0.1) is 0 Å². The summed E-state index contributed by atoms with van der Waals surface area (Å²) in [6, 6.07) is 0. The Morgan fingerprint density at radius 3 is 1.46 bits per heavy atom. The van der Waals surface area contributed by atoms with Gasteiger partial charge in [0.1, 0.15) is 0 Å². The van der Waals surface area contributed by atoms with Crippen molar-refractivity contribution in [3.63, 3.8) is 0 Å². The molecule has 0 fully saturated rings. The monoisotopic (exact) mass is 402 g/mol. The van der Waals surface area contributed by atoms with E-state index in [1.54, 1.807) is 0 Å². The lowest BCUT2D eigenvalue weighted by Gasteiger charge is -2.11. The van der Waals surface area contributed by atoms with Gasteiger partial charge in [-0.3, -0.25) is 0 Å². The zero-order chi connectivity index (χ0) is 20.5. The van der Waals surface area contributed by atoms with Gasteiger partial charge in [0.05, 0.1) is 39.1 Å². The summed E-state index contributed by atoms with van der Waals surface area (Å²) in [7, 11) is 0. The first-order valence-electron chi connectivity index (χ1n) is 12.3. The fraction of sp³-hybridized carbons (Fsp3) is 1.00. The van der Waals surface area contributed by atoms with E-state index < -0.39 is 0 Å². The topological polar surface area (TPSA) is 58.9 Å². The molecule has 0 aromatic carbocycles. The Hall–Kier alpha value is -0.160. The van der Waals surface area contributed by atoms with Gasteiger partial charge in [-0.05, 0) is 6.42 Å². The van der Waals surface area contributed by atoms with Gasteiger partial charge in [0.15, 0.2) is 0 Å². The zero-order valence-corrected chi connectivity index (χ0v) is 18.8. The number of unbranched alkanes of at least 4 members (excludes halogenated alkanes) is 15. The molecular weight excluding hydrogens is 352 g/mol. The number of hydrogen-bond donors (Lipinski definition) is 2. The fourth-order valence-electron chi connectivity index (χ4n) is 3.52. The molecule has 0 saturated carbocycles. The lowest BCUT2D eigenvalue weighted by Crippen LogP contribution is -2.17. The number of hydrogen-bond acceptors (Lipinski definition) is 4. The predicted octanol–water partition coefficient (Wildman–Crippen LogP) is 6.02. The van der Waals surface area contributed by atoms with Crippen molar-refractivity contribution in [1.82, 2.24) is 0 Å². The first-order valence-corrected chi connectivity index (χ1v) is 12.3. The largest absolute Gasteiger partial charge is 0.394 e. The summed E-state index contributed by atoms with van der Waals surface area (Å²) in [5, 5.41) is 18.4. The minimum Gasteiger partial charge on any atom is -0.394 e. The second-order valence-corrected chi connectivity index (χ2v) is 8.16. The summed E-state index contributed by atoms with van der Waals surface area (Å²) < 4.78 is 10.5. The Labute approximate surface area is 175 Å². The van der Waals surface area contributed by atoms with Gasteiger partial charge in [-0.15, -0.1) is 0 Å². The molecule has 0 amide bonds. The highest BCUT2D eigenvalue weighted by Gasteiger charge is 2.04. The third-order valence-electron chi connectivity index (χ3n) is 5.31. The van der Waals surface area contributed by atoms with Crippen molar-refractivity contribution < 1.29 is 19.7 Å². The molecule has 0 aromatic rings. The van der Waals surface area contributed by atoms with Gasteiger partial charge < -0.3 is 19.7 Å². The van der Waals surface area contributed by atoms with E-state index in [2.05, 4.69) is 6.92 Å². The van der Waals surface area contributed by atoms with E-state index in [1.165, 1.54) is 96.3 Å². The molecular formula is C24H50O4. The number of aliphatic hydroxyl groups excluding tert-OH is 2. The van der Waals surface area contributed by atoms with Crippen molar-refractivity contribution in [2.24, 2.45) is 0 Å². The van der Waals surface area contributed by atoms with Gasteiger partial charge in [-0.25, -0.2) is 0 Å². The zero-order valence-electron chi connectivity index (χ0n) is 18.8. The van der Waals surface area contributed by atoms with E-state index in [0.717, 1.165) is 12.8 Å². The first kappa shape index (κ1) is 27.8. The molecule has 0 rings (SSSR count). The molecule has 0 spiro atoms. The van der Waals surface area contributed by atoms with Gasteiger partial charge in [-0.1, -0.05) is 110 Å². The second-order valence-electron chi connectivity index (χ2n) is 8.16. The molecule has 0 aromatic heterocycles. The lowest BCUT2D eigenvalue weighted by molar-refractivity contribution is -0.00465. The van der Waals surface area contributed by atoms with E-state index >= 15 is 0 Å². The van der Waals surface area contributed by atoms with Crippen LogP contribution >= 0.6 is 0 Å². The van der Waals surface area contributed by atoms with Crippen LogP contribution in [0.15, 0.2) is 0 Å². The fourth-order valence-corrected chi connectivity index (χ4v) is 3.52. The Balaban J connectivity index is 3.09. The van der Waals surface area contributed by atoms with Crippen molar-refractivity contribution >= 4 is 0 Å². The van der Waals surface area contributed by atoms with Crippen LogP contribution in [0.5, 0.6) is 0 Å². The molecule has 28 heavy (non-hydrogen) atoms. The third kappa shape index (κ3) is 23.9. The van der Waals surface area contributed by atoms with Gasteiger partial charge in [0.25, 0.3) is 0 Å². The van der Waals surface area contributed by atoms with Crippen LogP contribution in [0.3, 0.4) is 0 Å². The summed E-state index contributed by atoms with van der Waals surface area (Å²) in [4.78, 5) is 0. The van der Waals surface area contributed by atoms with Crippen LogP contribution in [-0.4, -0.2) is 49.4 Å². The van der Waals surface area contributed by atoms with Gasteiger partial charge in [0.2, 0.25) is 0 Å². The highest BCUT2D eigenvalue weighted by Crippen LogP contribution is 2.14. The van der Waals surface area contributed by atoms with E-state index in [9.17, 15) is 5.11 Å². The van der Waals surface area contributed by atoms with Crippen LogP contribution in [0.2, 0.25) is 0 Å². The Bertz CT molecular complexity index is 273. The van der Waals surface area contributed by atoms with E-state index in [0.29, 0.717) is 26.4 Å². The van der Waals surface area contributed by atoms with Crippen molar-refractivity contribution in [1.29, 1.82) is 0 Å². The molecule has 0 aliphatic carbocycles. The highest BCUT2D eigenvalue weighted by atomic mass is 16.5. The summed E-state index contributed by atoms with van der Waals surface area (Å²) in [6.07, 6.45) is 22.4. The molecule has 1 unspecified atom stereocenters. The van der Waals surface area contributed by atoms with E-state index in [4.69, 9.17) is 14.6 Å². The minimum absolute atomic E-state index is 0.0435. The molecule has 0 radical (unpaired) electrons. The van der Waals surface area contributed by atoms with Crippen molar-refractivity contribution in [3.8, 4) is 0 Å². The molecule has 4 heteroatoms. The standard InChI is InChI=1S/C24H50O4/c1-2-3-4-5-6-7-8-9-10-11-12-13-14-15-16-17-18-24(26)23-28-22-21-27-20-19-25/h24-26H,2-23H2,1H3. The Morgan fingerprint density at radius 1 is 0.571 bits per heavy atom. The molecule has 0 bridgehead atoms. The summed E-state index contributed by atoms with van der Waals surface area (Å²) >= 11 is 0. The molecule has 0 heterocycles. The van der Waals surface area contributed by atoms with Gasteiger partial charge in [-0.2, -0.15) is 0 Å². The van der Waals surface area contributed by atoms with E-state index in [-0.39, 0.29) is 12.7 Å². The normalized spacial score (nSPS) is 12.5. The summed E-state index contributed by atoms with van der Waals surface area (Å²) in [5.74, 6) is 0. The van der Waals surface area contributed by atoms with Crippen molar-refractivity contribution in [2.75, 3.05) is 33.0 Å². The average Bonchev–Trinajstić information content (AvgIpc) is 2.70. The molecule has 170 valence electrons. The predicted molar refractivity (Wildman–Crippen MR) is 119 cm³/mol. The molecule has 1 atom stereocenters. The van der Waals surface area contributed by atoms with Crippen LogP contribution in [-0.2, 0) is 9.47 Å². The molecule has 0 saturated heterocycles. The minimum atomic E-state index is -0.357. The molecule has 2 N–H and O–H groups in total. The van der Waals surface area contributed by atoms with Crippen LogP contribution < -0.4 is 0 Å². The maximum atomic E-state index is 9.86. The Morgan fingerprint density at radius 2 is 1.00 bits per heavy atom.